The van der Waals surface area contributed by atoms with Gasteiger partial charge in [-0.05, 0) is 78.8 Å². The molecule has 6 heteroatoms. The molecule has 174 valence electrons. The van der Waals surface area contributed by atoms with Gasteiger partial charge in [0, 0.05) is 21.4 Å². The molecule has 0 unspecified atom stereocenters. The summed E-state index contributed by atoms with van der Waals surface area (Å²) in [6.45, 7) is 8.15. The van der Waals surface area contributed by atoms with Crippen LogP contribution < -0.4 is 16.0 Å². The number of nitrogen functional groups attached to an aromatic ring is 1. The number of hydrogen-bond donors (Lipinski definition) is 2. The summed E-state index contributed by atoms with van der Waals surface area (Å²) in [7, 11) is 0. The molecule has 0 spiro atoms. The Kier molecular flexibility index (Phi) is 8.28. The van der Waals surface area contributed by atoms with E-state index in [9.17, 15) is 4.79 Å². The summed E-state index contributed by atoms with van der Waals surface area (Å²) in [5.41, 5.74) is 12.3. The number of amides is 2. The van der Waals surface area contributed by atoms with Crippen molar-refractivity contribution in [3.05, 3.63) is 86.9 Å². The standard InChI is InChI=1S/C27H31Cl2N3O/c1-5-18-8-14-21(15-9-18)32(17(4)19-10-12-20(28)13-11-19)27(33)31-26-22(6-2)24(29)16-25(30)23(26)7-3/h8-17H,5-7,30H2,1-4H3,(H,31,33)/t17-/m0/s1. The molecule has 33 heavy (non-hydrogen) atoms. The third kappa shape index (κ3) is 5.45. The van der Waals surface area contributed by atoms with Gasteiger partial charge in [-0.1, -0.05) is 68.2 Å². The summed E-state index contributed by atoms with van der Waals surface area (Å²) in [6, 6.07) is 16.9. The summed E-state index contributed by atoms with van der Waals surface area (Å²) < 4.78 is 0. The lowest BCUT2D eigenvalue weighted by molar-refractivity contribution is 0.255. The van der Waals surface area contributed by atoms with Gasteiger partial charge in [-0.3, -0.25) is 4.90 Å². The molecular weight excluding hydrogens is 453 g/mol. The first-order chi connectivity index (χ1) is 15.8. The average molecular weight is 484 g/mol. The fourth-order valence-electron chi connectivity index (χ4n) is 4.10. The molecule has 3 N–H and O–H groups in total. The van der Waals surface area contributed by atoms with Crippen molar-refractivity contribution in [3.8, 4) is 0 Å². The highest BCUT2D eigenvalue weighted by Crippen LogP contribution is 2.36. The third-order valence-electron chi connectivity index (χ3n) is 6.04. The van der Waals surface area contributed by atoms with Crippen molar-refractivity contribution < 1.29 is 4.79 Å². The molecule has 3 aromatic rings. The van der Waals surface area contributed by atoms with Crippen LogP contribution in [0, 0.1) is 0 Å². The molecule has 2 amide bonds. The zero-order valence-corrected chi connectivity index (χ0v) is 21.1. The fourth-order valence-corrected chi connectivity index (χ4v) is 4.57. The smallest absolute Gasteiger partial charge is 0.326 e. The first-order valence-electron chi connectivity index (χ1n) is 11.3. The minimum atomic E-state index is -0.243. The zero-order chi connectivity index (χ0) is 24.1. The third-order valence-corrected chi connectivity index (χ3v) is 6.63. The molecule has 0 heterocycles. The largest absolute Gasteiger partial charge is 0.398 e. The number of hydrogen-bond acceptors (Lipinski definition) is 2. The number of carbonyl (C=O) groups is 1. The predicted octanol–water partition coefficient (Wildman–Crippen LogP) is 8.06. The maximum absolute atomic E-state index is 13.8. The van der Waals surface area contributed by atoms with Crippen molar-refractivity contribution in [2.75, 3.05) is 16.0 Å². The highest BCUT2D eigenvalue weighted by Gasteiger charge is 2.26. The van der Waals surface area contributed by atoms with Gasteiger partial charge in [0.2, 0.25) is 0 Å². The molecule has 3 aromatic carbocycles. The van der Waals surface area contributed by atoms with Gasteiger partial charge < -0.3 is 11.1 Å². The molecule has 0 aliphatic carbocycles. The number of aryl methyl sites for hydroxylation is 1. The number of rotatable bonds is 7. The van der Waals surface area contributed by atoms with Crippen LogP contribution in [0.2, 0.25) is 10.0 Å². The highest BCUT2D eigenvalue weighted by molar-refractivity contribution is 6.32. The predicted molar refractivity (Wildman–Crippen MR) is 142 cm³/mol. The Labute approximate surface area is 206 Å². The summed E-state index contributed by atoms with van der Waals surface area (Å²) in [5, 5.41) is 4.37. The number of urea groups is 1. The summed E-state index contributed by atoms with van der Waals surface area (Å²) in [4.78, 5) is 15.6. The van der Waals surface area contributed by atoms with Gasteiger partial charge in [0.1, 0.15) is 0 Å². The van der Waals surface area contributed by atoms with Gasteiger partial charge in [0.25, 0.3) is 0 Å². The van der Waals surface area contributed by atoms with Crippen LogP contribution in [0.4, 0.5) is 21.9 Å². The molecule has 0 radical (unpaired) electrons. The van der Waals surface area contributed by atoms with Crippen LogP contribution in [0.25, 0.3) is 0 Å². The topological polar surface area (TPSA) is 58.4 Å². The van der Waals surface area contributed by atoms with E-state index in [1.807, 2.05) is 57.2 Å². The second kappa shape index (κ2) is 11.0. The lowest BCUT2D eigenvalue weighted by Gasteiger charge is -2.31. The quantitative estimate of drug-likeness (QED) is 0.333. The van der Waals surface area contributed by atoms with E-state index in [0.717, 1.165) is 28.8 Å². The zero-order valence-electron chi connectivity index (χ0n) is 19.6. The van der Waals surface area contributed by atoms with Crippen LogP contribution in [-0.2, 0) is 19.3 Å². The summed E-state index contributed by atoms with van der Waals surface area (Å²) >= 11 is 12.6. The average Bonchev–Trinajstić information content (AvgIpc) is 2.80. The molecule has 4 nitrogen and oxygen atoms in total. The van der Waals surface area contributed by atoms with Crippen LogP contribution in [0.15, 0.2) is 54.6 Å². The summed E-state index contributed by atoms with van der Waals surface area (Å²) in [6.07, 6.45) is 2.30. The van der Waals surface area contributed by atoms with Crippen molar-refractivity contribution in [1.82, 2.24) is 0 Å². The molecule has 0 bridgehead atoms. The Morgan fingerprint density at radius 1 is 0.939 bits per heavy atom. The van der Waals surface area contributed by atoms with E-state index in [2.05, 4.69) is 24.4 Å². The Morgan fingerprint density at radius 3 is 2.09 bits per heavy atom. The van der Waals surface area contributed by atoms with Crippen LogP contribution >= 0.6 is 23.2 Å². The van der Waals surface area contributed by atoms with Gasteiger partial charge in [0.15, 0.2) is 0 Å². The maximum atomic E-state index is 13.8. The van der Waals surface area contributed by atoms with Gasteiger partial charge in [0.05, 0.1) is 11.7 Å². The lowest BCUT2D eigenvalue weighted by atomic mass is 10.0. The van der Waals surface area contributed by atoms with Crippen molar-refractivity contribution in [2.45, 2.75) is 53.0 Å². The first kappa shape index (κ1) is 24.9. The van der Waals surface area contributed by atoms with Crippen LogP contribution in [0.3, 0.4) is 0 Å². The van der Waals surface area contributed by atoms with Crippen LogP contribution in [0.1, 0.15) is 56.0 Å². The van der Waals surface area contributed by atoms with Crippen molar-refractivity contribution in [3.63, 3.8) is 0 Å². The normalized spacial score (nSPS) is 11.8. The monoisotopic (exact) mass is 483 g/mol. The van der Waals surface area contributed by atoms with Gasteiger partial charge >= 0.3 is 6.03 Å². The highest BCUT2D eigenvalue weighted by atomic mass is 35.5. The second-order valence-corrected chi connectivity index (χ2v) is 8.88. The number of anilines is 3. The lowest BCUT2D eigenvalue weighted by Crippen LogP contribution is -2.37. The molecule has 0 aliphatic rings. The van der Waals surface area contributed by atoms with E-state index >= 15 is 0 Å². The van der Waals surface area contributed by atoms with Crippen LogP contribution in [-0.4, -0.2) is 6.03 Å². The molecule has 0 fully saturated rings. The van der Waals surface area contributed by atoms with E-state index in [0.29, 0.717) is 34.3 Å². The summed E-state index contributed by atoms with van der Waals surface area (Å²) in [5.74, 6) is 0. The molecule has 0 saturated carbocycles. The second-order valence-electron chi connectivity index (χ2n) is 8.03. The number of nitrogens with two attached hydrogens (primary N) is 1. The van der Waals surface area contributed by atoms with Gasteiger partial charge in [-0.25, -0.2) is 4.79 Å². The number of benzene rings is 3. The fraction of sp³-hybridized carbons (Fsp3) is 0.296. The maximum Gasteiger partial charge on any atom is 0.326 e. The SMILES string of the molecule is CCc1ccc(N(C(=O)Nc2c(CC)c(N)cc(Cl)c2CC)[C@@H](C)c2ccc(Cl)cc2)cc1. The Bertz CT molecular complexity index is 1080. The minimum Gasteiger partial charge on any atom is -0.398 e. The molecule has 0 saturated heterocycles. The minimum absolute atomic E-state index is 0.235. The number of carbonyl (C=O) groups excluding carboxylic acids is 1. The Morgan fingerprint density at radius 2 is 1.55 bits per heavy atom. The number of nitrogens with zero attached hydrogens (tertiary/aromatic N) is 1. The van der Waals surface area contributed by atoms with Crippen LogP contribution in [0.5, 0.6) is 0 Å². The first-order valence-corrected chi connectivity index (χ1v) is 12.1. The van der Waals surface area contributed by atoms with Crippen molar-refractivity contribution in [2.24, 2.45) is 0 Å². The molecule has 3 rings (SSSR count). The van der Waals surface area contributed by atoms with E-state index in [-0.39, 0.29) is 12.1 Å². The molecule has 0 aromatic heterocycles. The Hall–Kier alpha value is -2.69. The van der Waals surface area contributed by atoms with E-state index in [1.165, 1.54) is 5.56 Å². The number of halogens is 2. The van der Waals surface area contributed by atoms with Gasteiger partial charge in [-0.15, -0.1) is 0 Å². The molecular formula is C27H31Cl2N3O. The number of nitrogens with one attached hydrogen (secondary N) is 1. The van der Waals surface area contributed by atoms with E-state index in [4.69, 9.17) is 28.9 Å². The van der Waals surface area contributed by atoms with Crippen molar-refractivity contribution >= 4 is 46.3 Å². The molecule has 1 atom stereocenters. The molecule has 0 aliphatic heterocycles. The van der Waals surface area contributed by atoms with E-state index in [1.54, 1.807) is 11.0 Å². The Balaban J connectivity index is 2.07. The van der Waals surface area contributed by atoms with E-state index < -0.39 is 0 Å². The van der Waals surface area contributed by atoms with Crippen molar-refractivity contribution in [1.29, 1.82) is 0 Å². The van der Waals surface area contributed by atoms with Gasteiger partial charge in [-0.2, -0.15) is 0 Å².